The number of rotatable bonds is 3. The van der Waals surface area contributed by atoms with Crippen molar-refractivity contribution < 1.29 is 8.42 Å². The van der Waals surface area contributed by atoms with Crippen LogP contribution < -0.4 is 10.5 Å². The predicted octanol–water partition coefficient (Wildman–Crippen LogP) is 3.58. The van der Waals surface area contributed by atoms with Gasteiger partial charge in [0.05, 0.1) is 15.7 Å². The van der Waals surface area contributed by atoms with E-state index in [0.29, 0.717) is 0 Å². The van der Waals surface area contributed by atoms with E-state index in [0.717, 1.165) is 38.5 Å². The zero-order valence-corrected chi connectivity index (χ0v) is 13.4. The SMILES string of the molecule is Nc1c(Cl)ccc(S(=O)(=O)NC2CCCCCC2)c1Cl. The molecule has 1 saturated carbocycles. The normalized spacial score (nSPS) is 17.9. The van der Waals surface area contributed by atoms with Gasteiger partial charge in [-0.2, -0.15) is 0 Å². The maximum Gasteiger partial charge on any atom is 0.242 e. The van der Waals surface area contributed by atoms with Gasteiger partial charge in [-0.25, -0.2) is 13.1 Å². The van der Waals surface area contributed by atoms with Crippen LogP contribution in [0.4, 0.5) is 5.69 Å². The van der Waals surface area contributed by atoms with Crippen molar-refractivity contribution in [3.8, 4) is 0 Å². The first-order chi connectivity index (χ1) is 9.42. The van der Waals surface area contributed by atoms with Crippen LogP contribution in [0.5, 0.6) is 0 Å². The van der Waals surface area contributed by atoms with Gasteiger partial charge < -0.3 is 5.73 Å². The highest BCUT2D eigenvalue weighted by Gasteiger charge is 2.24. The number of hydrogen-bond acceptors (Lipinski definition) is 3. The van der Waals surface area contributed by atoms with E-state index in [1.54, 1.807) is 0 Å². The molecule has 0 unspecified atom stereocenters. The van der Waals surface area contributed by atoms with Crippen LogP contribution in [0.1, 0.15) is 38.5 Å². The van der Waals surface area contributed by atoms with Gasteiger partial charge >= 0.3 is 0 Å². The van der Waals surface area contributed by atoms with Gasteiger partial charge in [-0.1, -0.05) is 48.9 Å². The highest BCUT2D eigenvalue weighted by Crippen LogP contribution is 2.33. The maximum atomic E-state index is 12.4. The van der Waals surface area contributed by atoms with E-state index in [2.05, 4.69) is 4.72 Å². The molecule has 0 aliphatic heterocycles. The van der Waals surface area contributed by atoms with E-state index in [-0.39, 0.29) is 26.7 Å². The first-order valence-corrected chi connectivity index (χ1v) is 8.91. The molecule has 0 atom stereocenters. The second kappa shape index (κ2) is 6.52. The Morgan fingerprint density at radius 3 is 2.30 bits per heavy atom. The van der Waals surface area contributed by atoms with E-state index in [4.69, 9.17) is 28.9 Å². The van der Waals surface area contributed by atoms with Crippen LogP contribution in [0.25, 0.3) is 0 Å². The summed E-state index contributed by atoms with van der Waals surface area (Å²) in [5.74, 6) is 0. The van der Waals surface area contributed by atoms with Crippen LogP contribution in [0.2, 0.25) is 10.0 Å². The second-order valence-corrected chi connectivity index (χ2v) is 7.55. The second-order valence-electron chi connectivity index (χ2n) is 5.08. The number of anilines is 1. The highest BCUT2D eigenvalue weighted by molar-refractivity contribution is 7.89. The molecule has 3 N–H and O–H groups in total. The van der Waals surface area contributed by atoms with E-state index >= 15 is 0 Å². The zero-order chi connectivity index (χ0) is 14.8. The average molecular weight is 337 g/mol. The monoisotopic (exact) mass is 336 g/mol. The van der Waals surface area contributed by atoms with E-state index < -0.39 is 10.0 Å². The molecular formula is C13H18Cl2N2O2S. The predicted molar refractivity (Wildman–Crippen MR) is 82.7 cm³/mol. The molecule has 1 aromatic carbocycles. The topological polar surface area (TPSA) is 72.2 Å². The van der Waals surface area contributed by atoms with Crippen molar-refractivity contribution in [2.45, 2.75) is 49.5 Å². The van der Waals surface area contributed by atoms with Crippen LogP contribution in [-0.4, -0.2) is 14.5 Å². The van der Waals surface area contributed by atoms with Crippen molar-refractivity contribution in [3.63, 3.8) is 0 Å². The van der Waals surface area contributed by atoms with E-state index in [1.807, 2.05) is 0 Å². The molecule has 1 fully saturated rings. The van der Waals surface area contributed by atoms with Crippen LogP contribution in [0.3, 0.4) is 0 Å². The number of hydrogen-bond donors (Lipinski definition) is 2. The molecule has 0 bridgehead atoms. The molecule has 0 amide bonds. The summed E-state index contributed by atoms with van der Waals surface area (Å²) in [5.41, 5.74) is 5.78. The Morgan fingerprint density at radius 2 is 1.70 bits per heavy atom. The fraction of sp³-hybridized carbons (Fsp3) is 0.538. The first-order valence-electron chi connectivity index (χ1n) is 6.67. The molecule has 1 aliphatic rings. The fourth-order valence-electron chi connectivity index (χ4n) is 2.44. The Kier molecular flexibility index (Phi) is 5.18. The Morgan fingerprint density at radius 1 is 1.10 bits per heavy atom. The summed E-state index contributed by atoms with van der Waals surface area (Å²) in [6.45, 7) is 0. The van der Waals surface area contributed by atoms with E-state index in [9.17, 15) is 8.42 Å². The Labute approximate surface area is 129 Å². The fourth-order valence-corrected chi connectivity index (χ4v) is 4.51. The molecular weight excluding hydrogens is 319 g/mol. The molecule has 112 valence electrons. The lowest BCUT2D eigenvalue weighted by atomic mass is 10.1. The minimum atomic E-state index is -3.67. The number of halogens is 2. The quantitative estimate of drug-likeness (QED) is 0.654. The van der Waals surface area contributed by atoms with Gasteiger partial charge in [0, 0.05) is 6.04 Å². The van der Waals surface area contributed by atoms with Gasteiger partial charge in [-0.3, -0.25) is 0 Å². The highest BCUT2D eigenvalue weighted by atomic mass is 35.5. The van der Waals surface area contributed by atoms with Gasteiger partial charge in [-0.05, 0) is 25.0 Å². The zero-order valence-electron chi connectivity index (χ0n) is 11.0. The standard InChI is InChI=1S/C13H18Cl2N2O2S/c14-10-7-8-11(12(15)13(10)16)20(18,19)17-9-5-3-1-2-4-6-9/h7-9,17H,1-6,16H2. The lowest BCUT2D eigenvalue weighted by Gasteiger charge is -2.17. The molecule has 0 aromatic heterocycles. The third-order valence-corrected chi connectivity index (χ3v) is 5.97. The van der Waals surface area contributed by atoms with Gasteiger partial charge in [0.15, 0.2) is 0 Å². The molecule has 20 heavy (non-hydrogen) atoms. The third-order valence-electron chi connectivity index (χ3n) is 3.56. The minimum Gasteiger partial charge on any atom is -0.396 e. The molecule has 0 radical (unpaired) electrons. The lowest BCUT2D eigenvalue weighted by molar-refractivity contribution is 0.510. The summed E-state index contributed by atoms with van der Waals surface area (Å²) in [6.07, 6.45) is 6.13. The summed E-state index contributed by atoms with van der Waals surface area (Å²) in [7, 11) is -3.67. The van der Waals surface area contributed by atoms with Crippen molar-refractivity contribution in [2.24, 2.45) is 0 Å². The average Bonchev–Trinajstić information content (AvgIpc) is 2.63. The third kappa shape index (κ3) is 3.58. The van der Waals surface area contributed by atoms with Crippen molar-refractivity contribution in [2.75, 3.05) is 5.73 Å². The number of nitrogen functional groups attached to an aromatic ring is 1. The van der Waals surface area contributed by atoms with Crippen molar-refractivity contribution >= 4 is 38.9 Å². The summed E-state index contributed by atoms with van der Waals surface area (Å²) >= 11 is 11.8. The van der Waals surface area contributed by atoms with Crippen LogP contribution in [-0.2, 0) is 10.0 Å². The van der Waals surface area contributed by atoms with Crippen molar-refractivity contribution in [1.82, 2.24) is 4.72 Å². The Hall–Kier alpha value is -0.490. The molecule has 7 heteroatoms. The van der Waals surface area contributed by atoms with Gasteiger partial charge in [-0.15, -0.1) is 0 Å². The number of benzene rings is 1. The molecule has 0 spiro atoms. The Bertz CT molecular complexity index is 582. The lowest BCUT2D eigenvalue weighted by Crippen LogP contribution is -2.34. The van der Waals surface area contributed by atoms with Crippen LogP contribution in [0, 0.1) is 0 Å². The molecule has 1 aliphatic carbocycles. The largest absolute Gasteiger partial charge is 0.396 e. The van der Waals surface area contributed by atoms with Crippen molar-refractivity contribution in [3.05, 3.63) is 22.2 Å². The summed E-state index contributed by atoms with van der Waals surface area (Å²) < 4.78 is 27.5. The molecule has 4 nitrogen and oxygen atoms in total. The summed E-state index contributed by atoms with van der Waals surface area (Å²) in [5, 5.41) is 0.238. The van der Waals surface area contributed by atoms with Crippen LogP contribution in [0.15, 0.2) is 17.0 Å². The molecule has 0 heterocycles. The van der Waals surface area contributed by atoms with Gasteiger partial charge in [0.1, 0.15) is 4.90 Å². The first kappa shape index (κ1) is 15.9. The van der Waals surface area contributed by atoms with Crippen molar-refractivity contribution in [1.29, 1.82) is 0 Å². The van der Waals surface area contributed by atoms with Crippen LogP contribution >= 0.6 is 23.2 Å². The Balaban J connectivity index is 2.24. The smallest absolute Gasteiger partial charge is 0.242 e. The minimum absolute atomic E-state index is 0.00897. The number of nitrogens with two attached hydrogens (primary N) is 1. The van der Waals surface area contributed by atoms with Gasteiger partial charge in [0.2, 0.25) is 10.0 Å². The summed E-state index contributed by atoms with van der Waals surface area (Å²) in [4.78, 5) is -0.00897. The molecule has 2 rings (SSSR count). The van der Waals surface area contributed by atoms with Gasteiger partial charge in [0.25, 0.3) is 0 Å². The number of sulfonamides is 1. The molecule has 1 aromatic rings. The van der Waals surface area contributed by atoms with E-state index in [1.165, 1.54) is 12.1 Å². The molecule has 0 saturated heterocycles. The number of nitrogens with one attached hydrogen (secondary N) is 1. The maximum absolute atomic E-state index is 12.4. The summed E-state index contributed by atoms with van der Waals surface area (Å²) in [6, 6.07) is 2.81.